The second-order valence-electron chi connectivity index (χ2n) is 6.51. The zero-order valence-electron chi connectivity index (χ0n) is 13.9. The van der Waals surface area contributed by atoms with Crippen molar-refractivity contribution in [2.75, 3.05) is 24.1 Å². The molecule has 1 fully saturated rings. The lowest BCUT2D eigenvalue weighted by Crippen LogP contribution is -2.55. The molecule has 1 saturated heterocycles. The van der Waals surface area contributed by atoms with Crippen LogP contribution in [0.1, 0.15) is 27.7 Å². The fourth-order valence-electron chi connectivity index (χ4n) is 3.12. The van der Waals surface area contributed by atoms with Crippen LogP contribution < -0.4 is 11.1 Å². The van der Waals surface area contributed by atoms with E-state index in [1.807, 2.05) is 12.1 Å². The summed E-state index contributed by atoms with van der Waals surface area (Å²) in [6, 6.07) is 7.08. The number of carbonyl (C=O) groups excluding carboxylic acids is 1. The molecular weight excluding hydrogens is 278 g/mol. The number of rotatable bonds is 4. The lowest BCUT2D eigenvalue weighted by atomic mass is 9.99. The number of amides is 1. The van der Waals surface area contributed by atoms with Crippen molar-refractivity contribution in [2.24, 2.45) is 5.92 Å². The predicted molar refractivity (Wildman–Crippen MR) is 89.7 cm³/mol. The number of anilines is 2. The molecule has 0 radical (unpaired) electrons. The van der Waals surface area contributed by atoms with Gasteiger partial charge in [-0.05, 0) is 44.0 Å². The van der Waals surface area contributed by atoms with Gasteiger partial charge in [-0.1, -0.05) is 13.8 Å². The number of nitrogen functional groups attached to an aromatic ring is 1. The van der Waals surface area contributed by atoms with Crippen LogP contribution in [0, 0.1) is 5.92 Å². The van der Waals surface area contributed by atoms with Crippen LogP contribution in [-0.4, -0.2) is 42.1 Å². The van der Waals surface area contributed by atoms with E-state index in [4.69, 9.17) is 10.5 Å². The molecule has 1 aromatic rings. The minimum atomic E-state index is -0.161. The van der Waals surface area contributed by atoms with Gasteiger partial charge in [-0.15, -0.1) is 0 Å². The van der Waals surface area contributed by atoms with E-state index in [0.717, 1.165) is 18.8 Å². The van der Waals surface area contributed by atoms with Crippen molar-refractivity contribution < 1.29 is 9.53 Å². The van der Waals surface area contributed by atoms with Crippen molar-refractivity contribution in [3.63, 3.8) is 0 Å². The molecule has 1 heterocycles. The smallest absolute Gasteiger partial charge is 0.241 e. The highest BCUT2D eigenvalue weighted by Gasteiger charge is 2.34. The molecule has 0 spiro atoms. The molecule has 1 aliphatic rings. The van der Waals surface area contributed by atoms with Crippen molar-refractivity contribution in [2.45, 2.75) is 45.9 Å². The Morgan fingerprint density at radius 1 is 1.23 bits per heavy atom. The molecule has 1 aromatic carbocycles. The highest BCUT2D eigenvalue weighted by molar-refractivity contribution is 5.95. The molecule has 0 aliphatic carbocycles. The number of nitrogens with zero attached hydrogens (tertiary/aromatic N) is 1. The molecule has 3 unspecified atom stereocenters. The molecule has 5 heteroatoms. The van der Waals surface area contributed by atoms with Gasteiger partial charge in [0.25, 0.3) is 0 Å². The van der Waals surface area contributed by atoms with Crippen LogP contribution in [0.15, 0.2) is 24.3 Å². The molecule has 3 N–H and O–H groups in total. The highest BCUT2D eigenvalue weighted by Crippen LogP contribution is 2.20. The van der Waals surface area contributed by atoms with Gasteiger partial charge in [0, 0.05) is 24.5 Å². The van der Waals surface area contributed by atoms with Crippen molar-refractivity contribution >= 4 is 17.3 Å². The van der Waals surface area contributed by atoms with Crippen LogP contribution in [0.4, 0.5) is 11.4 Å². The number of nitrogens with two attached hydrogens (primary N) is 1. The van der Waals surface area contributed by atoms with Crippen LogP contribution in [-0.2, 0) is 9.53 Å². The Balaban J connectivity index is 2.09. The fraction of sp³-hybridized carbons (Fsp3) is 0.588. The summed E-state index contributed by atoms with van der Waals surface area (Å²) in [6.07, 6.45) is 0.295. The number of morpholine rings is 1. The summed E-state index contributed by atoms with van der Waals surface area (Å²) in [5.41, 5.74) is 7.14. The maximum atomic E-state index is 12.7. The minimum absolute atomic E-state index is 0.0288. The van der Waals surface area contributed by atoms with Crippen LogP contribution in [0.5, 0.6) is 0 Å². The summed E-state index contributed by atoms with van der Waals surface area (Å²) in [5, 5.41) is 3.00. The largest absolute Gasteiger partial charge is 0.399 e. The van der Waals surface area contributed by atoms with Gasteiger partial charge in [-0.25, -0.2) is 0 Å². The first-order valence-corrected chi connectivity index (χ1v) is 7.92. The van der Waals surface area contributed by atoms with E-state index in [-0.39, 0.29) is 30.1 Å². The first kappa shape index (κ1) is 16.8. The molecular formula is C17H27N3O2. The van der Waals surface area contributed by atoms with E-state index < -0.39 is 0 Å². The van der Waals surface area contributed by atoms with Crippen LogP contribution in [0.3, 0.4) is 0 Å². The number of benzene rings is 1. The summed E-state index contributed by atoms with van der Waals surface area (Å²) in [7, 11) is 0. The Kier molecular flexibility index (Phi) is 5.42. The maximum Gasteiger partial charge on any atom is 0.241 e. The standard InChI is InChI=1S/C17H27N3O2/c1-11(2)16(20-9-12(3)22-13(4)10-20)17(21)19-15-7-5-14(18)6-8-15/h5-8,11-13,16H,9-10,18H2,1-4H3,(H,19,21). The SMILES string of the molecule is CC1CN(C(C(=O)Nc2ccc(N)cc2)C(C)C)CC(C)O1. The zero-order chi connectivity index (χ0) is 16.3. The van der Waals surface area contributed by atoms with Crippen LogP contribution in [0.25, 0.3) is 0 Å². The maximum absolute atomic E-state index is 12.7. The first-order valence-electron chi connectivity index (χ1n) is 7.92. The van der Waals surface area contributed by atoms with Gasteiger partial charge in [0.2, 0.25) is 5.91 Å². The number of hydrogen-bond donors (Lipinski definition) is 2. The van der Waals surface area contributed by atoms with Gasteiger partial charge < -0.3 is 15.8 Å². The van der Waals surface area contributed by atoms with Crippen molar-refractivity contribution in [3.8, 4) is 0 Å². The molecule has 1 amide bonds. The molecule has 0 aromatic heterocycles. The molecule has 122 valence electrons. The van der Waals surface area contributed by atoms with Gasteiger partial charge in [-0.3, -0.25) is 9.69 Å². The summed E-state index contributed by atoms with van der Waals surface area (Å²) in [6.45, 7) is 9.83. The number of hydrogen-bond acceptors (Lipinski definition) is 4. The Morgan fingerprint density at radius 2 is 1.77 bits per heavy atom. The molecule has 0 saturated carbocycles. The predicted octanol–water partition coefficient (Wildman–Crippen LogP) is 2.34. The first-order chi connectivity index (χ1) is 10.4. The van der Waals surface area contributed by atoms with E-state index in [9.17, 15) is 4.79 Å². The third kappa shape index (κ3) is 4.21. The van der Waals surface area contributed by atoms with E-state index in [1.165, 1.54) is 0 Å². The fourth-order valence-corrected chi connectivity index (χ4v) is 3.12. The third-order valence-electron chi connectivity index (χ3n) is 3.92. The monoisotopic (exact) mass is 305 g/mol. The van der Waals surface area contributed by atoms with Crippen molar-refractivity contribution in [1.82, 2.24) is 4.90 Å². The van der Waals surface area contributed by atoms with Gasteiger partial charge in [0.15, 0.2) is 0 Å². The van der Waals surface area contributed by atoms with Gasteiger partial charge in [0.1, 0.15) is 0 Å². The summed E-state index contributed by atoms with van der Waals surface area (Å²) < 4.78 is 5.77. The molecule has 2 rings (SSSR count). The number of carbonyl (C=O) groups is 1. The van der Waals surface area contributed by atoms with Gasteiger partial charge in [0.05, 0.1) is 18.2 Å². The zero-order valence-corrected chi connectivity index (χ0v) is 13.9. The molecule has 0 bridgehead atoms. The van der Waals surface area contributed by atoms with E-state index in [2.05, 4.69) is 37.9 Å². The lowest BCUT2D eigenvalue weighted by molar-refractivity contribution is -0.130. The Hall–Kier alpha value is -1.59. The second kappa shape index (κ2) is 7.11. The van der Waals surface area contributed by atoms with Crippen molar-refractivity contribution in [3.05, 3.63) is 24.3 Å². The third-order valence-corrected chi connectivity index (χ3v) is 3.92. The summed E-state index contributed by atoms with van der Waals surface area (Å²) in [4.78, 5) is 15.0. The minimum Gasteiger partial charge on any atom is -0.399 e. The topological polar surface area (TPSA) is 67.6 Å². The number of ether oxygens (including phenoxy) is 1. The quantitative estimate of drug-likeness (QED) is 0.838. The molecule has 3 atom stereocenters. The van der Waals surface area contributed by atoms with E-state index in [1.54, 1.807) is 12.1 Å². The summed E-state index contributed by atoms with van der Waals surface area (Å²) >= 11 is 0. The van der Waals surface area contributed by atoms with E-state index in [0.29, 0.717) is 5.69 Å². The van der Waals surface area contributed by atoms with Gasteiger partial charge in [-0.2, -0.15) is 0 Å². The molecule has 1 aliphatic heterocycles. The Labute approximate surface area is 132 Å². The Bertz CT molecular complexity index is 491. The lowest BCUT2D eigenvalue weighted by Gasteiger charge is -2.41. The van der Waals surface area contributed by atoms with E-state index >= 15 is 0 Å². The Morgan fingerprint density at radius 3 is 2.27 bits per heavy atom. The van der Waals surface area contributed by atoms with Gasteiger partial charge >= 0.3 is 0 Å². The van der Waals surface area contributed by atoms with Crippen molar-refractivity contribution in [1.29, 1.82) is 0 Å². The van der Waals surface area contributed by atoms with Crippen LogP contribution in [0.2, 0.25) is 0 Å². The molecule has 22 heavy (non-hydrogen) atoms. The average molecular weight is 305 g/mol. The highest BCUT2D eigenvalue weighted by atomic mass is 16.5. The number of nitrogens with one attached hydrogen (secondary N) is 1. The van der Waals surface area contributed by atoms with Crippen LogP contribution >= 0.6 is 0 Å². The second-order valence-corrected chi connectivity index (χ2v) is 6.51. The average Bonchev–Trinajstić information content (AvgIpc) is 2.40. The molecule has 5 nitrogen and oxygen atoms in total. The summed E-state index contributed by atoms with van der Waals surface area (Å²) in [5.74, 6) is 0.257. The normalized spacial score (nSPS) is 24.2.